The monoisotopic (exact) mass is 341 g/mol. The van der Waals surface area contributed by atoms with Crippen LogP contribution < -0.4 is 10.1 Å². The van der Waals surface area contributed by atoms with Crippen molar-refractivity contribution in [1.82, 2.24) is 5.32 Å². The standard InChI is InChI=1S/C15H25NO2.C2H2O4/c1-3-4-8-16-9-10-17-11-12-18-15-7-5-6-14(2)13-15;3-1(4)2(5)6/h5-7,13,16H,3-4,8-12H2,1-2H3;(H,3,4)(H,5,6). The maximum absolute atomic E-state index is 9.10. The molecule has 0 radical (unpaired) electrons. The fraction of sp³-hybridized carbons (Fsp3) is 0.529. The number of ether oxygens (including phenoxy) is 2. The number of nitrogens with one attached hydrogen (secondary N) is 1. The largest absolute Gasteiger partial charge is 0.491 e. The third-order valence-corrected chi connectivity index (χ3v) is 2.80. The molecule has 0 aliphatic carbocycles. The van der Waals surface area contributed by atoms with Gasteiger partial charge in [0.1, 0.15) is 12.4 Å². The van der Waals surface area contributed by atoms with Crippen molar-refractivity contribution in [2.75, 3.05) is 32.9 Å². The number of hydrogen-bond acceptors (Lipinski definition) is 5. The Hall–Kier alpha value is -2.12. The Kier molecular flexibility index (Phi) is 13.2. The zero-order valence-corrected chi connectivity index (χ0v) is 14.3. The Labute approximate surface area is 142 Å². The molecule has 0 fully saturated rings. The first-order valence-corrected chi connectivity index (χ1v) is 7.91. The minimum atomic E-state index is -1.82. The molecular weight excluding hydrogens is 314 g/mol. The van der Waals surface area contributed by atoms with Crippen LogP contribution in [-0.4, -0.2) is 55.1 Å². The molecule has 0 spiro atoms. The van der Waals surface area contributed by atoms with E-state index in [9.17, 15) is 0 Å². The summed E-state index contributed by atoms with van der Waals surface area (Å²) in [6.45, 7) is 8.26. The van der Waals surface area contributed by atoms with Gasteiger partial charge in [-0.25, -0.2) is 9.59 Å². The highest BCUT2D eigenvalue weighted by Crippen LogP contribution is 2.11. The lowest BCUT2D eigenvalue weighted by Crippen LogP contribution is -2.21. The van der Waals surface area contributed by atoms with Crippen LogP contribution in [0.4, 0.5) is 0 Å². The number of benzene rings is 1. The number of aliphatic carboxylic acids is 2. The zero-order chi connectivity index (χ0) is 18.2. The molecule has 0 bridgehead atoms. The second kappa shape index (κ2) is 14.5. The Morgan fingerprint density at radius 2 is 1.79 bits per heavy atom. The maximum Gasteiger partial charge on any atom is 0.414 e. The number of carboxylic acids is 2. The normalized spacial score (nSPS) is 9.75. The summed E-state index contributed by atoms with van der Waals surface area (Å²) in [6, 6.07) is 8.07. The summed E-state index contributed by atoms with van der Waals surface area (Å²) in [5, 5.41) is 18.1. The molecular formula is C17H27NO6. The number of hydrogen-bond donors (Lipinski definition) is 3. The molecule has 136 valence electrons. The second-order valence-corrected chi connectivity index (χ2v) is 4.99. The number of carboxylic acid groups (broad SMARTS) is 2. The molecule has 1 aromatic rings. The van der Waals surface area contributed by atoms with Gasteiger partial charge in [0, 0.05) is 6.54 Å². The van der Waals surface area contributed by atoms with E-state index in [0.29, 0.717) is 13.2 Å². The van der Waals surface area contributed by atoms with Crippen LogP contribution in [0.15, 0.2) is 24.3 Å². The lowest BCUT2D eigenvalue weighted by molar-refractivity contribution is -0.159. The van der Waals surface area contributed by atoms with Crippen LogP contribution in [0.2, 0.25) is 0 Å². The van der Waals surface area contributed by atoms with E-state index >= 15 is 0 Å². The van der Waals surface area contributed by atoms with E-state index in [1.807, 2.05) is 18.2 Å². The quantitative estimate of drug-likeness (QED) is 0.441. The number of carbonyl (C=O) groups is 2. The number of unbranched alkanes of at least 4 members (excludes halogenated alkanes) is 1. The highest BCUT2D eigenvalue weighted by molar-refractivity contribution is 6.27. The van der Waals surface area contributed by atoms with Crippen LogP contribution in [-0.2, 0) is 14.3 Å². The molecule has 3 N–H and O–H groups in total. The van der Waals surface area contributed by atoms with Gasteiger partial charge >= 0.3 is 11.9 Å². The van der Waals surface area contributed by atoms with Gasteiger partial charge in [0.2, 0.25) is 0 Å². The molecule has 1 rings (SSSR count). The maximum atomic E-state index is 9.10. The molecule has 0 atom stereocenters. The van der Waals surface area contributed by atoms with E-state index < -0.39 is 11.9 Å². The van der Waals surface area contributed by atoms with Gasteiger partial charge in [-0.15, -0.1) is 0 Å². The van der Waals surface area contributed by atoms with E-state index in [0.717, 1.165) is 25.4 Å². The number of aryl methyl sites for hydroxylation is 1. The summed E-state index contributed by atoms with van der Waals surface area (Å²) in [5.74, 6) is -2.73. The van der Waals surface area contributed by atoms with Crippen LogP contribution in [0.1, 0.15) is 25.3 Å². The van der Waals surface area contributed by atoms with Crippen molar-refractivity contribution < 1.29 is 29.3 Å². The molecule has 1 aromatic carbocycles. The smallest absolute Gasteiger partial charge is 0.414 e. The first-order valence-electron chi connectivity index (χ1n) is 7.91. The summed E-state index contributed by atoms with van der Waals surface area (Å²) in [4.78, 5) is 18.2. The van der Waals surface area contributed by atoms with Gasteiger partial charge in [-0.05, 0) is 37.6 Å². The van der Waals surface area contributed by atoms with Crippen LogP contribution in [0.5, 0.6) is 5.75 Å². The SMILES string of the molecule is CCCCNCCOCCOc1cccc(C)c1.O=C(O)C(=O)O. The van der Waals surface area contributed by atoms with Gasteiger partial charge in [-0.1, -0.05) is 25.5 Å². The van der Waals surface area contributed by atoms with Crippen molar-refractivity contribution >= 4 is 11.9 Å². The Bertz CT molecular complexity index is 466. The molecule has 0 heterocycles. The lowest BCUT2D eigenvalue weighted by Gasteiger charge is -2.08. The van der Waals surface area contributed by atoms with Gasteiger partial charge in [-0.3, -0.25) is 0 Å². The Morgan fingerprint density at radius 3 is 2.38 bits per heavy atom. The van der Waals surface area contributed by atoms with Crippen LogP contribution in [0, 0.1) is 6.92 Å². The van der Waals surface area contributed by atoms with Crippen LogP contribution in [0.25, 0.3) is 0 Å². The van der Waals surface area contributed by atoms with Crippen molar-refractivity contribution in [1.29, 1.82) is 0 Å². The molecule has 24 heavy (non-hydrogen) atoms. The van der Waals surface area contributed by atoms with Gasteiger partial charge in [0.25, 0.3) is 0 Å². The van der Waals surface area contributed by atoms with Gasteiger partial charge in [0.15, 0.2) is 0 Å². The van der Waals surface area contributed by atoms with Crippen molar-refractivity contribution in [3.8, 4) is 5.75 Å². The third kappa shape index (κ3) is 13.5. The predicted molar refractivity (Wildman–Crippen MR) is 90.5 cm³/mol. The summed E-state index contributed by atoms with van der Waals surface area (Å²) in [5.41, 5.74) is 1.22. The summed E-state index contributed by atoms with van der Waals surface area (Å²) >= 11 is 0. The van der Waals surface area contributed by atoms with E-state index in [-0.39, 0.29) is 0 Å². The molecule has 7 nitrogen and oxygen atoms in total. The molecule has 0 aliphatic heterocycles. The first kappa shape index (κ1) is 21.9. The van der Waals surface area contributed by atoms with E-state index in [4.69, 9.17) is 29.3 Å². The lowest BCUT2D eigenvalue weighted by atomic mass is 10.2. The van der Waals surface area contributed by atoms with E-state index in [1.165, 1.54) is 18.4 Å². The van der Waals surface area contributed by atoms with Crippen molar-refractivity contribution in [3.63, 3.8) is 0 Å². The molecule has 0 saturated carbocycles. The van der Waals surface area contributed by atoms with Gasteiger partial charge < -0.3 is 25.0 Å². The van der Waals surface area contributed by atoms with E-state index in [1.54, 1.807) is 0 Å². The number of rotatable bonds is 10. The van der Waals surface area contributed by atoms with Crippen LogP contribution >= 0.6 is 0 Å². The van der Waals surface area contributed by atoms with Gasteiger partial charge in [0.05, 0.1) is 13.2 Å². The second-order valence-electron chi connectivity index (χ2n) is 4.99. The fourth-order valence-electron chi connectivity index (χ4n) is 1.60. The summed E-state index contributed by atoms with van der Waals surface area (Å²) < 4.78 is 11.1. The van der Waals surface area contributed by atoms with Crippen molar-refractivity contribution in [2.24, 2.45) is 0 Å². The molecule has 0 aromatic heterocycles. The molecule has 0 unspecified atom stereocenters. The van der Waals surface area contributed by atoms with E-state index in [2.05, 4.69) is 25.2 Å². The highest BCUT2D eigenvalue weighted by atomic mass is 16.5. The summed E-state index contributed by atoms with van der Waals surface area (Å²) in [7, 11) is 0. The minimum Gasteiger partial charge on any atom is -0.491 e. The topological polar surface area (TPSA) is 105 Å². The highest BCUT2D eigenvalue weighted by Gasteiger charge is 2.04. The first-order chi connectivity index (χ1) is 11.5. The average molecular weight is 341 g/mol. The zero-order valence-electron chi connectivity index (χ0n) is 14.3. The van der Waals surface area contributed by atoms with Crippen LogP contribution in [0.3, 0.4) is 0 Å². The predicted octanol–water partition coefficient (Wildman–Crippen LogP) is 1.94. The average Bonchev–Trinajstić information content (AvgIpc) is 2.54. The van der Waals surface area contributed by atoms with Gasteiger partial charge in [-0.2, -0.15) is 0 Å². The third-order valence-electron chi connectivity index (χ3n) is 2.80. The minimum absolute atomic E-state index is 0.610. The Morgan fingerprint density at radius 1 is 1.08 bits per heavy atom. The Balaban J connectivity index is 0.000000754. The summed E-state index contributed by atoms with van der Waals surface area (Å²) in [6.07, 6.45) is 2.47. The van der Waals surface area contributed by atoms with Crippen molar-refractivity contribution in [2.45, 2.75) is 26.7 Å². The molecule has 0 amide bonds. The molecule has 0 saturated heterocycles. The van der Waals surface area contributed by atoms with Crippen molar-refractivity contribution in [3.05, 3.63) is 29.8 Å². The molecule has 7 heteroatoms. The fourth-order valence-corrected chi connectivity index (χ4v) is 1.60. The molecule has 0 aliphatic rings.